The van der Waals surface area contributed by atoms with Gasteiger partial charge in [0.15, 0.2) is 6.29 Å². The molecule has 0 spiro atoms. The summed E-state index contributed by atoms with van der Waals surface area (Å²) in [5.41, 5.74) is 0.552. The molecule has 3 aliphatic rings. The Morgan fingerprint density at radius 2 is 1.91 bits per heavy atom. The van der Waals surface area contributed by atoms with E-state index in [2.05, 4.69) is 10.0 Å². The lowest BCUT2D eigenvalue weighted by Crippen LogP contribution is -2.56. The average molecular weight is 469 g/mol. The van der Waals surface area contributed by atoms with Gasteiger partial charge in [-0.25, -0.2) is 17.5 Å². The highest BCUT2D eigenvalue weighted by Gasteiger charge is 2.39. The summed E-state index contributed by atoms with van der Waals surface area (Å²) in [6, 6.07) is 4.57. The van der Waals surface area contributed by atoms with Gasteiger partial charge < -0.3 is 14.8 Å². The van der Waals surface area contributed by atoms with Gasteiger partial charge in [0.05, 0.1) is 18.0 Å². The van der Waals surface area contributed by atoms with Crippen LogP contribution in [0.3, 0.4) is 0 Å². The molecule has 4 rings (SSSR count). The van der Waals surface area contributed by atoms with E-state index in [1.807, 2.05) is 0 Å². The van der Waals surface area contributed by atoms with Crippen molar-refractivity contribution in [1.82, 2.24) is 10.0 Å². The van der Waals surface area contributed by atoms with Crippen LogP contribution < -0.4 is 14.8 Å². The maximum absolute atomic E-state index is 14.5. The van der Waals surface area contributed by atoms with E-state index >= 15 is 0 Å². The molecule has 1 aromatic rings. The Kier molecular flexibility index (Phi) is 7.81. The fourth-order valence-electron chi connectivity index (χ4n) is 4.88. The van der Waals surface area contributed by atoms with Crippen LogP contribution in [0.1, 0.15) is 62.8 Å². The van der Waals surface area contributed by atoms with Crippen molar-refractivity contribution in [3.63, 3.8) is 0 Å². The lowest BCUT2D eigenvalue weighted by Gasteiger charge is -2.35. The number of halogens is 1. The monoisotopic (exact) mass is 468 g/mol. The van der Waals surface area contributed by atoms with Gasteiger partial charge >= 0.3 is 0 Å². The SMILES string of the molecule is O=CCOc1cccc(F)c1[C@H]1CC[C@@H](OC[C@@H]2NCCC[C@@H]2NS(=O)(=O)C2CC2)CC1. The molecule has 3 fully saturated rings. The summed E-state index contributed by atoms with van der Waals surface area (Å²) in [5.74, 6) is 0.178. The highest BCUT2D eigenvalue weighted by molar-refractivity contribution is 7.90. The minimum atomic E-state index is -3.23. The van der Waals surface area contributed by atoms with Crippen molar-refractivity contribution in [3.8, 4) is 5.75 Å². The van der Waals surface area contributed by atoms with Crippen molar-refractivity contribution >= 4 is 16.3 Å². The molecule has 2 saturated carbocycles. The van der Waals surface area contributed by atoms with Gasteiger partial charge in [-0.3, -0.25) is 4.79 Å². The summed E-state index contributed by atoms with van der Waals surface area (Å²) in [4.78, 5) is 10.7. The number of nitrogens with one attached hydrogen (secondary N) is 2. The summed E-state index contributed by atoms with van der Waals surface area (Å²) in [7, 11) is -3.23. The molecular weight excluding hydrogens is 435 g/mol. The van der Waals surface area contributed by atoms with Crippen LogP contribution >= 0.6 is 0 Å². The number of aldehydes is 1. The summed E-state index contributed by atoms with van der Waals surface area (Å²) in [6.45, 7) is 1.23. The fraction of sp³-hybridized carbons (Fsp3) is 0.696. The van der Waals surface area contributed by atoms with E-state index < -0.39 is 10.0 Å². The van der Waals surface area contributed by atoms with Gasteiger partial charge in [0.1, 0.15) is 18.2 Å². The van der Waals surface area contributed by atoms with Crippen LogP contribution in [-0.2, 0) is 19.6 Å². The van der Waals surface area contributed by atoms with Gasteiger partial charge in [-0.15, -0.1) is 0 Å². The fourth-order valence-corrected chi connectivity index (χ4v) is 6.53. The minimum absolute atomic E-state index is 0.0311. The highest BCUT2D eigenvalue weighted by atomic mass is 32.2. The Morgan fingerprint density at radius 3 is 2.62 bits per heavy atom. The van der Waals surface area contributed by atoms with Gasteiger partial charge in [-0.1, -0.05) is 6.07 Å². The van der Waals surface area contributed by atoms with Crippen LogP contribution in [0.2, 0.25) is 0 Å². The van der Waals surface area contributed by atoms with Crippen molar-refractivity contribution in [3.05, 3.63) is 29.6 Å². The maximum Gasteiger partial charge on any atom is 0.214 e. The number of benzene rings is 1. The van der Waals surface area contributed by atoms with Crippen molar-refractivity contribution in [2.24, 2.45) is 0 Å². The number of carbonyl (C=O) groups is 1. The van der Waals surface area contributed by atoms with Crippen molar-refractivity contribution in [2.75, 3.05) is 19.8 Å². The number of piperidine rings is 1. The molecule has 0 bridgehead atoms. The second-order valence-electron chi connectivity index (χ2n) is 9.11. The normalized spacial score (nSPS) is 28.9. The standard InChI is InChI=1S/C23H33FN2O5S/c24-19-3-1-5-22(30-14-13-27)23(19)16-6-8-17(9-7-16)31-15-21-20(4-2-12-25-21)26-32(28,29)18-10-11-18/h1,3,5,13,16-18,20-21,25-26H,2,4,6-12,14-15H2/t16-,17+,20-,21-/m0/s1. The Morgan fingerprint density at radius 1 is 1.12 bits per heavy atom. The van der Waals surface area contributed by atoms with E-state index in [4.69, 9.17) is 9.47 Å². The second-order valence-corrected chi connectivity index (χ2v) is 11.1. The number of rotatable bonds is 10. The Hall–Kier alpha value is -1.55. The molecule has 0 amide bonds. The van der Waals surface area contributed by atoms with E-state index in [0.717, 1.165) is 57.9 Å². The van der Waals surface area contributed by atoms with Crippen LogP contribution in [-0.4, -0.2) is 57.9 Å². The maximum atomic E-state index is 14.5. The zero-order chi connectivity index (χ0) is 22.6. The number of ether oxygens (including phenoxy) is 2. The predicted molar refractivity (Wildman–Crippen MR) is 119 cm³/mol. The Labute approximate surface area is 189 Å². The third kappa shape index (κ3) is 5.87. The smallest absolute Gasteiger partial charge is 0.214 e. The third-order valence-corrected chi connectivity index (χ3v) is 8.76. The number of hydrogen-bond acceptors (Lipinski definition) is 6. The summed E-state index contributed by atoms with van der Waals surface area (Å²) >= 11 is 0. The number of sulfonamides is 1. The van der Waals surface area contributed by atoms with Crippen molar-refractivity contribution < 1.29 is 27.1 Å². The minimum Gasteiger partial charge on any atom is -0.486 e. The van der Waals surface area contributed by atoms with Crippen LogP contribution in [0.4, 0.5) is 4.39 Å². The molecule has 9 heteroatoms. The van der Waals surface area contributed by atoms with E-state index in [1.54, 1.807) is 12.1 Å². The quantitative estimate of drug-likeness (QED) is 0.513. The van der Waals surface area contributed by atoms with Gasteiger partial charge in [-0.2, -0.15) is 0 Å². The molecule has 2 aliphatic carbocycles. The van der Waals surface area contributed by atoms with E-state index in [9.17, 15) is 17.6 Å². The van der Waals surface area contributed by atoms with Gasteiger partial charge in [0, 0.05) is 17.6 Å². The molecule has 178 valence electrons. The largest absolute Gasteiger partial charge is 0.486 e. The topological polar surface area (TPSA) is 93.7 Å². The van der Waals surface area contributed by atoms with Crippen LogP contribution in [0.5, 0.6) is 5.75 Å². The first kappa shape index (κ1) is 23.6. The zero-order valence-electron chi connectivity index (χ0n) is 18.3. The molecule has 32 heavy (non-hydrogen) atoms. The van der Waals surface area contributed by atoms with Gasteiger partial charge in [0.25, 0.3) is 0 Å². The van der Waals surface area contributed by atoms with E-state index in [0.29, 0.717) is 24.2 Å². The highest BCUT2D eigenvalue weighted by Crippen LogP contribution is 2.40. The predicted octanol–water partition coefficient (Wildman–Crippen LogP) is 2.65. The molecule has 2 atom stereocenters. The van der Waals surface area contributed by atoms with Crippen molar-refractivity contribution in [2.45, 2.75) is 80.7 Å². The van der Waals surface area contributed by atoms with E-state index in [-0.39, 0.29) is 41.8 Å². The molecule has 0 unspecified atom stereocenters. The van der Waals surface area contributed by atoms with E-state index in [1.165, 1.54) is 6.07 Å². The molecule has 0 radical (unpaired) electrons. The molecule has 2 N–H and O–H groups in total. The number of hydrogen-bond donors (Lipinski definition) is 2. The molecular formula is C23H33FN2O5S. The Bertz CT molecular complexity index is 884. The summed E-state index contributed by atoms with van der Waals surface area (Å²) in [5, 5.41) is 3.19. The lowest BCUT2D eigenvalue weighted by atomic mass is 9.82. The first-order chi connectivity index (χ1) is 15.5. The molecule has 1 saturated heterocycles. The first-order valence-electron chi connectivity index (χ1n) is 11.7. The molecule has 1 aromatic carbocycles. The Balaban J connectivity index is 1.29. The van der Waals surface area contributed by atoms with Crippen LogP contribution in [0.15, 0.2) is 18.2 Å². The van der Waals surface area contributed by atoms with Crippen LogP contribution in [0, 0.1) is 5.82 Å². The van der Waals surface area contributed by atoms with Gasteiger partial charge in [0.2, 0.25) is 10.0 Å². The molecule has 1 aliphatic heterocycles. The second kappa shape index (κ2) is 10.6. The van der Waals surface area contributed by atoms with Crippen molar-refractivity contribution in [1.29, 1.82) is 0 Å². The molecule has 7 nitrogen and oxygen atoms in total. The molecule has 1 heterocycles. The zero-order valence-corrected chi connectivity index (χ0v) is 19.1. The summed E-state index contributed by atoms with van der Waals surface area (Å²) < 4.78 is 53.8. The third-order valence-electron chi connectivity index (χ3n) is 6.78. The first-order valence-corrected chi connectivity index (χ1v) is 13.2. The summed E-state index contributed by atoms with van der Waals surface area (Å²) in [6.07, 6.45) is 7.16. The van der Waals surface area contributed by atoms with Gasteiger partial charge in [-0.05, 0) is 76.0 Å². The van der Waals surface area contributed by atoms with Crippen LogP contribution in [0.25, 0.3) is 0 Å². The molecule has 0 aromatic heterocycles. The average Bonchev–Trinajstić information content (AvgIpc) is 3.64. The lowest BCUT2D eigenvalue weighted by molar-refractivity contribution is -0.109. The number of carbonyl (C=O) groups excluding carboxylic acids is 1.